The van der Waals surface area contributed by atoms with Crippen molar-refractivity contribution in [1.82, 2.24) is 10.6 Å². The van der Waals surface area contributed by atoms with Crippen LogP contribution in [0.25, 0.3) is 0 Å². The maximum Gasteiger partial charge on any atom is 0.237 e. The summed E-state index contributed by atoms with van der Waals surface area (Å²) >= 11 is 0. The van der Waals surface area contributed by atoms with Gasteiger partial charge in [0, 0.05) is 6.04 Å². The van der Waals surface area contributed by atoms with Crippen LogP contribution < -0.4 is 10.6 Å². The first-order valence-electron chi connectivity index (χ1n) is 8.25. The Hall–Kier alpha value is -1.18. The molecule has 6 atom stereocenters. The van der Waals surface area contributed by atoms with Crippen molar-refractivity contribution in [2.75, 3.05) is 13.2 Å². The summed E-state index contributed by atoms with van der Waals surface area (Å²) in [5, 5.41) is 16.2. The molecule has 3 saturated heterocycles. The molecule has 0 aromatic heterocycles. The SMILES string of the molecule is Cl.O=C(N[C@@H]1CO[C@H]2[C@@H]1OC[C@H]2O)[C@H]1CC[C@H](c2ccccc2)N1. The Labute approximate surface area is 147 Å². The van der Waals surface area contributed by atoms with E-state index in [1.165, 1.54) is 5.56 Å². The van der Waals surface area contributed by atoms with Gasteiger partial charge in [0.15, 0.2) is 0 Å². The van der Waals surface area contributed by atoms with Crippen LogP contribution in [0.15, 0.2) is 30.3 Å². The van der Waals surface area contributed by atoms with Gasteiger partial charge in [-0.2, -0.15) is 0 Å². The highest BCUT2D eigenvalue weighted by Crippen LogP contribution is 2.29. The Bertz CT molecular complexity index is 573. The summed E-state index contributed by atoms with van der Waals surface area (Å²) in [6, 6.07) is 10.1. The molecule has 0 unspecified atom stereocenters. The second kappa shape index (κ2) is 7.37. The number of aliphatic hydroxyl groups excluding tert-OH is 1. The highest BCUT2D eigenvalue weighted by molar-refractivity contribution is 5.85. The molecule has 4 rings (SSSR count). The van der Waals surface area contributed by atoms with E-state index in [0.717, 1.165) is 12.8 Å². The van der Waals surface area contributed by atoms with Crippen LogP contribution in [0.1, 0.15) is 24.4 Å². The van der Waals surface area contributed by atoms with Gasteiger partial charge in [0.2, 0.25) is 5.91 Å². The standard InChI is InChI=1S/C17H22N2O4.ClH/c20-14-9-23-15-13(8-22-16(14)15)19-17(21)12-7-6-11(18-12)10-4-2-1-3-5-10;/h1-5,11-16,18,20H,6-9H2,(H,19,21);1H/t11-,12-,13-,14-,15-,16-;/m1./s1. The van der Waals surface area contributed by atoms with Gasteiger partial charge in [-0.3, -0.25) is 10.1 Å². The maximum absolute atomic E-state index is 12.5. The fraction of sp³-hybridized carbons (Fsp3) is 0.588. The van der Waals surface area contributed by atoms with Crippen LogP contribution >= 0.6 is 12.4 Å². The van der Waals surface area contributed by atoms with Crippen LogP contribution in [-0.4, -0.2) is 54.6 Å². The minimum absolute atomic E-state index is 0. The zero-order valence-electron chi connectivity index (χ0n) is 13.3. The molecule has 0 spiro atoms. The van der Waals surface area contributed by atoms with Gasteiger partial charge in [-0.25, -0.2) is 0 Å². The fourth-order valence-corrected chi connectivity index (χ4v) is 3.78. The number of halogens is 1. The molecule has 24 heavy (non-hydrogen) atoms. The van der Waals surface area contributed by atoms with Gasteiger partial charge in [0.05, 0.1) is 25.3 Å². The lowest BCUT2D eigenvalue weighted by Gasteiger charge is -2.20. The first kappa shape index (κ1) is 17.6. The number of carbonyl (C=O) groups is 1. The van der Waals surface area contributed by atoms with Crippen molar-refractivity contribution in [1.29, 1.82) is 0 Å². The Morgan fingerprint density at radius 2 is 1.88 bits per heavy atom. The minimum atomic E-state index is -0.589. The normalized spacial score (nSPS) is 37.7. The first-order valence-corrected chi connectivity index (χ1v) is 8.25. The lowest BCUT2D eigenvalue weighted by molar-refractivity contribution is -0.124. The van der Waals surface area contributed by atoms with Crippen LogP contribution in [0.5, 0.6) is 0 Å². The molecule has 1 amide bonds. The molecule has 6 nitrogen and oxygen atoms in total. The molecular formula is C17H23ClN2O4. The van der Waals surface area contributed by atoms with E-state index in [1.54, 1.807) is 0 Å². The molecule has 1 aromatic rings. The van der Waals surface area contributed by atoms with E-state index >= 15 is 0 Å². The van der Waals surface area contributed by atoms with E-state index in [4.69, 9.17) is 9.47 Å². The van der Waals surface area contributed by atoms with E-state index in [-0.39, 0.29) is 55.3 Å². The topological polar surface area (TPSA) is 79.8 Å². The summed E-state index contributed by atoms with van der Waals surface area (Å²) in [7, 11) is 0. The quantitative estimate of drug-likeness (QED) is 0.738. The summed E-state index contributed by atoms with van der Waals surface area (Å²) in [5.41, 5.74) is 1.22. The minimum Gasteiger partial charge on any atom is -0.388 e. The molecule has 3 N–H and O–H groups in total. The third-order valence-corrected chi connectivity index (χ3v) is 5.02. The van der Waals surface area contributed by atoms with Crippen molar-refractivity contribution >= 4 is 18.3 Å². The second-order valence-electron chi connectivity index (χ2n) is 6.54. The van der Waals surface area contributed by atoms with Gasteiger partial charge < -0.3 is 19.9 Å². The summed E-state index contributed by atoms with van der Waals surface area (Å²) in [6.45, 7) is 0.673. The van der Waals surface area contributed by atoms with Crippen molar-refractivity contribution in [3.63, 3.8) is 0 Å². The fourth-order valence-electron chi connectivity index (χ4n) is 3.78. The monoisotopic (exact) mass is 354 g/mol. The van der Waals surface area contributed by atoms with Crippen molar-refractivity contribution in [2.24, 2.45) is 0 Å². The summed E-state index contributed by atoms with van der Waals surface area (Å²) in [5.74, 6) is -0.0114. The van der Waals surface area contributed by atoms with Gasteiger partial charge in [-0.05, 0) is 18.4 Å². The molecule has 3 heterocycles. The van der Waals surface area contributed by atoms with E-state index in [9.17, 15) is 9.90 Å². The van der Waals surface area contributed by atoms with Crippen LogP contribution in [0.4, 0.5) is 0 Å². The largest absolute Gasteiger partial charge is 0.388 e. The van der Waals surface area contributed by atoms with Crippen LogP contribution in [0.3, 0.4) is 0 Å². The molecule has 0 saturated carbocycles. The highest BCUT2D eigenvalue weighted by atomic mass is 35.5. The van der Waals surface area contributed by atoms with Gasteiger partial charge in [0.1, 0.15) is 18.3 Å². The molecule has 1 aromatic carbocycles. The summed E-state index contributed by atoms with van der Waals surface area (Å²) in [4.78, 5) is 12.5. The zero-order chi connectivity index (χ0) is 15.8. The van der Waals surface area contributed by atoms with Gasteiger partial charge in [0.25, 0.3) is 0 Å². The number of rotatable bonds is 3. The van der Waals surface area contributed by atoms with Gasteiger partial charge in [-0.15, -0.1) is 12.4 Å². The number of nitrogens with one attached hydrogen (secondary N) is 2. The first-order chi connectivity index (χ1) is 11.2. The van der Waals surface area contributed by atoms with Crippen LogP contribution in [0.2, 0.25) is 0 Å². The lowest BCUT2D eigenvalue weighted by atomic mass is 10.1. The van der Waals surface area contributed by atoms with E-state index < -0.39 is 6.10 Å². The summed E-state index contributed by atoms with van der Waals surface area (Å²) in [6.07, 6.45) is 0.629. The average molecular weight is 355 g/mol. The molecule has 3 aliphatic rings. The number of hydrogen-bond donors (Lipinski definition) is 3. The maximum atomic E-state index is 12.5. The molecule has 7 heteroatoms. The Morgan fingerprint density at radius 1 is 1.12 bits per heavy atom. The number of hydrogen-bond acceptors (Lipinski definition) is 5. The van der Waals surface area contributed by atoms with Gasteiger partial charge >= 0.3 is 0 Å². The molecule has 0 radical (unpaired) electrons. The Balaban J connectivity index is 0.00000169. The number of carbonyl (C=O) groups excluding carboxylic acids is 1. The van der Waals surface area contributed by atoms with Crippen LogP contribution in [-0.2, 0) is 14.3 Å². The lowest BCUT2D eigenvalue weighted by Crippen LogP contribution is -2.50. The second-order valence-corrected chi connectivity index (χ2v) is 6.54. The van der Waals surface area contributed by atoms with Crippen molar-refractivity contribution in [3.05, 3.63) is 35.9 Å². The molecule has 3 fully saturated rings. The molecule has 0 bridgehead atoms. The summed E-state index contributed by atoms with van der Waals surface area (Å²) < 4.78 is 11.1. The molecule has 3 aliphatic heterocycles. The molecule has 132 valence electrons. The Kier molecular flexibility index (Phi) is 5.42. The number of ether oxygens (including phenoxy) is 2. The Morgan fingerprint density at radius 3 is 2.67 bits per heavy atom. The smallest absolute Gasteiger partial charge is 0.237 e. The molecule has 0 aliphatic carbocycles. The average Bonchev–Trinajstić information content (AvgIpc) is 3.28. The van der Waals surface area contributed by atoms with Gasteiger partial charge in [-0.1, -0.05) is 30.3 Å². The predicted octanol–water partition coefficient (Wildman–Crippen LogP) is 0.545. The van der Waals surface area contributed by atoms with E-state index in [1.807, 2.05) is 18.2 Å². The van der Waals surface area contributed by atoms with Crippen molar-refractivity contribution in [2.45, 2.75) is 49.3 Å². The van der Waals surface area contributed by atoms with Crippen molar-refractivity contribution in [3.8, 4) is 0 Å². The van der Waals surface area contributed by atoms with E-state index in [0.29, 0.717) is 6.61 Å². The third kappa shape index (κ3) is 3.30. The van der Waals surface area contributed by atoms with Crippen LogP contribution in [0, 0.1) is 0 Å². The number of amides is 1. The third-order valence-electron chi connectivity index (χ3n) is 5.02. The predicted molar refractivity (Wildman–Crippen MR) is 90.0 cm³/mol. The van der Waals surface area contributed by atoms with E-state index in [2.05, 4.69) is 22.8 Å². The van der Waals surface area contributed by atoms with Crippen molar-refractivity contribution < 1.29 is 19.4 Å². The number of fused-ring (bicyclic) bond motifs is 1. The number of aliphatic hydroxyl groups is 1. The highest BCUT2D eigenvalue weighted by Gasteiger charge is 2.48. The zero-order valence-corrected chi connectivity index (χ0v) is 14.1. The molecular weight excluding hydrogens is 332 g/mol. The number of benzene rings is 1.